The van der Waals surface area contributed by atoms with Gasteiger partial charge in [0.2, 0.25) is 0 Å². The summed E-state index contributed by atoms with van der Waals surface area (Å²) in [4.78, 5) is 2.32. The van der Waals surface area contributed by atoms with Crippen LogP contribution in [0.2, 0.25) is 0 Å². The van der Waals surface area contributed by atoms with E-state index < -0.39 is 0 Å². The van der Waals surface area contributed by atoms with E-state index in [4.69, 9.17) is 9.15 Å². The van der Waals surface area contributed by atoms with E-state index in [1.54, 1.807) is 18.0 Å². The summed E-state index contributed by atoms with van der Waals surface area (Å²) in [5.74, 6) is 1.88. The number of aryl methyl sites for hydroxylation is 1. The van der Waals surface area contributed by atoms with Gasteiger partial charge in [0.1, 0.15) is 18.1 Å². The zero-order chi connectivity index (χ0) is 17.8. The van der Waals surface area contributed by atoms with Crippen molar-refractivity contribution in [1.82, 2.24) is 10.6 Å². The molecular formula is C21H22N2O2S. The predicted molar refractivity (Wildman–Crippen MR) is 104 cm³/mol. The van der Waals surface area contributed by atoms with E-state index in [-0.39, 0.29) is 6.04 Å². The van der Waals surface area contributed by atoms with Crippen molar-refractivity contribution in [2.45, 2.75) is 29.4 Å². The van der Waals surface area contributed by atoms with Crippen LogP contribution >= 0.6 is 11.8 Å². The monoisotopic (exact) mass is 366 g/mol. The summed E-state index contributed by atoms with van der Waals surface area (Å²) in [5, 5.41) is 6.69. The fraction of sp³-hybridized carbons (Fsp3) is 0.238. The Morgan fingerprint density at radius 1 is 1.12 bits per heavy atom. The van der Waals surface area contributed by atoms with E-state index in [0.717, 1.165) is 29.6 Å². The molecular weight excluding hydrogens is 344 g/mol. The first-order chi connectivity index (χ1) is 12.8. The van der Waals surface area contributed by atoms with Crippen molar-refractivity contribution in [3.8, 4) is 5.75 Å². The van der Waals surface area contributed by atoms with Crippen LogP contribution in [0.1, 0.15) is 22.9 Å². The van der Waals surface area contributed by atoms with E-state index in [1.807, 2.05) is 30.3 Å². The number of benzene rings is 2. The standard InChI is InChI=1S/C21H22N2O2S/c1-15-4-2-3-5-16(15)13-25-17-6-8-18(9-7-17)26-20-10-11-24-21(20)19-12-22-14-23-19/h2-11,19,22-23H,12-14H2,1H3. The molecule has 3 aromatic rings. The molecule has 0 amide bonds. The fourth-order valence-corrected chi connectivity index (χ4v) is 3.92. The Morgan fingerprint density at radius 3 is 2.73 bits per heavy atom. The summed E-state index contributed by atoms with van der Waals surface area (Å²) < 4.78 is 11.6. The third kappa shape index (κ3) is 3.96. The van der Waals surface area contributed by atoms with E-state index in [9.17, 15) is 0 Å². The summed E-state index contributed by atoms with van der Waals surface area (Å²) in [5.41, 5.74) is 2.47. The van der Waals surface area contributed by atoms with Gasteiger partial charge in [0.25, 0.3) is 0 Å². The minimum absolute atomic E-state index is 0.240. The van der Waals surface area contributed by atoms with Crippen molar-refractivity contribution >= 4 is 11.8 Å². The van der Waals surface area contributed by atoms with Crippen LogP contribution in [0.25, 0.3) is 0 Å². The molecule has 134 valence electrons. The minimum Gasteiger partial charge on any atom is -0.489 e. The third-order valence-corrected chi connectivity index (χ3v) is 5.57. The van der Waals surface area contributed by atoms with Gasteiger partial charge in [-0.25, -0.2) is 0 Å². The molecule has 2 aromatic carbocycles. The average Bonchev–Trinajstić information content (AvgIpc) is 3.34. The zero-order valence-corrected chi connectivity index (χ0v) is 15.5. The molecule has 1 aliphatic heterocycles. The smallest absolute Gasteiger partial charge is 0.135 e. The summed E-state index contributed by atoms with van der Waals surface area (Å²) >= 11 is 1.72. The first-order valence-corrected chi connectivity index (χ1v) is 9.58. The SMILES string of the molecule is Cc1ccccc1COc1ccc(Sc2ccoc2C2CNCN2)cc1. The molecule has 4 nitrogen and oxygen atoms in total. The maximum atomic E-state index is 5.92. The maximum Gasteiger partial charge on any atom is 0.135 e. The van der Waals surface area contributed by atoms with E-state index in [1.165, 1.54) is 16.0 Å². The van der Waals surface area contributed by atoms with Crippen molar-refractivity contribution in [3.63, 3.8) is 0 Å². The van der Waals surface area contributed by atoms with Crippen molar-refractivity contribution in [3.05, 3.63) is 77.7 Å². The Hall–Kier alpha value is -2.21. The highest BCUT2D eigenvalue weighted by molar-refractivity contribution is 7.99. The molecule has 1 aromatic heterocycles. The van der Waals surface area contributed by atoms with Gasteiger partial charge in [-0.15, -0.1) is 0 Å². The Bertz CT molecular complexity index is 854. The van der Waals surface area contributed by atoms with Crippen LogP contribution < -0.4 is 15.4 Å². The normalized spacial score (nSPS) is 16.7. The summed E-state index contributed by atoms with van der Waals surface area (Å²) in [6.45, 7) is 4.41. The van der Waals surface area contributed by atoms with Crippen molar-refractivity contribution < 1.29 is 9.15 Å². The van der Waals surface area contributed by atoms with Crippen LogP contribution in [0.15, 0.2) is 75.1 Å². The van der Waals surface area contributed by atoms with Crippen molar-refractivity contribution in [2.75, 3.05) is 13.2 Å². The molecule has 0 aliphatic carbocycles. The second-order valence-electron chi connectivity index (χ2n) is 6.33. The molecule has 0 spiro atoms. The zero-order valence-electron chi connectivity index (χ0n) is 14.7. The van der Waals surface area contributed by atoms with E-state index >= 15 is 0 Å². The first-order valence-electron chi connectivity index (χ1n) is 8.76. The highest BCUT2D eigenvalue weighted by Gasteiger charge is 2.22. The summed E-state index contributed by atoms with van der Waals surface area (Å²) in [6.07, 6.45) is 1.76. The Labute approximate surface area is 157 Å². The summed E-state index contributed by atoms with van der Waals surface area (Å²) in [7, 11) is 0. The van der Waals surface area contributed by atoms with Gasteiger partial charge in [0, 0.05) is 18.1 Å². The lowest BCUT2D eigenvalue weighted by Crippen LogP contribution is -2.14. The lowest BCUT2D eigenvalue weighted by Gasteiger charge is -2.10. The molecule has 2 N–H and O–H groups in total. The molecule has 1 unspecified atom stereocenters. The van der Waals surface area contributed by atoms with Crippen LogP contribution in [-0.4, -0.2) is 13.2 Å². The Kier molecular flexibility index (Phi) is 5.29. The highest BCUT2D eigenvalue weighted by Crippen LogP contribution is 2.35. The molecule has 1 fully saturated rings. The number of ether oxygens (including phenoxy) is 1. The quantitative estimate of drug-likeness (QED) is 0.672. The van der Waals surface area contributed by atoms with E-state index in [0.29, 0.717) is 6.61 Å². The van der Waals surface area contributed by atoms with E-state index in [2.05, 4.69) is 41.8 Å². The minimum atomic E-state index is 0.240. The van der Waals surface area contributed by atoms with Crippen molar-refractivity contribution in [2.24, 2.45) is 0 Å². The van der Waals surface area contributed by atoms with Gasteiger partial charge in [0.15, 0.2) is 0 Å². The maximum absolute atomic E-state index is 5.92. The lowest BCUT2D eigenvalue weighted by molar-refractivity contribution is 0.305. The fourth-order valence-electron chi connectivity index (χ4n) is 2.98. The first kappa shape index (κ1) is 17.2. The second-order valence-corrected chi connectivity index (χ2v) is 7.44. The molecule has 0 radical (unpaired) electrons. The van der Waals surface area contributed by atoms with Crippen LogP contribution in [-0.2, 0) is 6.61 Å². The van der Waals surface area contributed by atoms with Gasteiger partial charge < -0.3 is 14.5 Å². The van der Waals surface area contributed by atoms with Gasteiger partial charge in [0.05, 0.1) is 17.2 Å². The molecule has 26 heavy (non-hydrogen) atoms. The van der Waals surface area contributed by atoms with Gasteiger partial charge >= 0.3 is 0 Å². The highest BCUT2D eigenvalue weighted by atomic mass is 32.2. The molecule has 2 heterocycles. The number of nitrogens with one attached hydrogen (secondary N) is 2. The van der Waals surface area contributed by atoms with Crippen molar-refractivity contribution in [1.29, 1.82) is 0 Å². The lowest BCUT2D eigenvalue weighted by atomic mass is 10.1. The van der Waals surface area contributed by atoms with Gasteiger partial charge in [-0.3, -0.25) is 5.32 Å². The molecule has 1 aliphatic rings. The number of furan rings is 1. The molecule has 4 rings (SSSR count). The van der Waals surface area contributed by atoms with Crippen LogP contribution in [0.3, 0.4) is 0 Å². The second kappa shape index (κ2) is 7.99. The Morgan fingerprint density at radius 2 is 1.96 bits per heavy atom. The Balaban J connectivity index is 1.39. The van der Waals surface area contributed by atoms with Gasteiger partial charge in [-0.1, -0.05) is 36.0 Å². The van der Waals surface area contributed by atoms with Crippen LogP contribution in [0.5, 0.6) is 5.75 Å². The molecule has 5 heteroatoms. The average molecular weight is 366 g/mol. The predicted octanol–water partition coefficient (Wildman–Crippen LogP) is 4.51. The molecule has 0 saturated carbocycles. The molecule has 0 bridgehead atoms. The van der Waals surface area contributed by atoms with Crippen LogP contribution in [0.4, 0.5) is 0 Å². The molecule has 1 atom stereocenters. The topological polar surface area (TPSA) is 46.4 Å². The number of hydrogen-bond donors (Lipinski definition) is 2. The third-order valence-electron chi connectivity index (χ3n) is 4.50. The van der Waals surface area contributed by atoms with Gasteiger partial charge in [-0.05, 0) is 48.4 Å². The largest absolute Gasteiger partial charge is 0.489 e. The summed E-state index contributed by atoms with van der Waals surface area (Å²) in [6, 6.07) is 18.8. The number of hydrogen-bond acceptors (Lipinski definition) is 5. The number of rotatable bonds is 6. The molecule has 1 saturated heterocycles. The van der Waals surface area contributed by atoms with Crippen LogP contribution in [0, 0.1) is 6.92 Å². The van der Waals surface area contributed by atoms with Gasteiger partial charge in [-0.2, -0.15) is 0 Å².